The maximum atomic E-state index is 13.9. The van der Waals surface area contributed by atoms with Crippen LogP contribution in [-0.4, -0.2) is 52.3 Å². The number of nitrogens with one attached hydrogen (secondary N) is 2. The van der Waals surface area contributed by atoms with Crippen LogP contribution in [0.2, 0.25) is 0 Å². The molecule has 0 radical (unpaired) electrons. The summed E-state index contributed by atoms with van der Waals surface area (Å²) in [4.78, 5) is 13.7. The zero-order valence-corrected chi connectivity index (χ0v) is 11.8. The van der Waals surface area contributed by atoms with Crippen molar-refractivity contribution in [2.75, 3.05) is 45.2 Å². The highest BCUT2D eigenvalue weighted by Gasteiger charge is 2.17. The van der Waals surface area contributed by atoms with Crippen LogP contribution in [0, 0.1) is 5.82 Å². The van der Waals surface area contributed by atoms with Gasteiger partial charge in [-0.2, -0.15) is 0 Å². The Morgan fingerprint density at radius 1 is 1.55 bits per heavy atom. The summed E-state index contributed by atoms with van der Waals surface area (Å²) in [5.41, 5.74) is 0.776. The summed E-state index contributed by atoms with van der Waals surface area (Å²) in [6.45, 7) is 2.53. The van der Waals surface area contributed by atoms with Gasteiger partial charge in [0.05, 0.1) is 18.3 Å². The van der Waals surface area contributed by atoms with E-state index in [1.807, 2.05) is 14.1 Å². The number of benzene rings is 1. The molecule has 0 aliphatic carbocycles. The van der Waals surface area contributed by atoms with E-state index in [0.717, 1.165) is 12.2 Å². The largest absolute Gasteiger partial charge is 0.378 e. The molecule has 110 valence electrons. The predicted octanol–water partition coefficient (Wildman–Crippen LogP) is 0.610. The molecule has 1 saturated heterocycles. The smallest absolute Gasteiger partial charge is 0.254 e. The first-order valence-corrected chi connectivity index (χ1v) is 6.65. The number of rotatable bonds is 4. The minimum atomic E-state index is -0.517. The molecule has 0 saturated carbocycles. The van der Waals surface area contributed by atoms with Crippen molar-refractivity contribution < 1.29 is 13.9 Å². The fourth-order valence-corrected chi connectivity index (χ4v) is 2.02. The van der Waals surface area contributed by atoms with Crippen molar-refractivity contribution in [1.82, 2.24) is 10.6 Å². The van der Waals surface area contributed by atoms with E-state index < -0.39 is 11.7 Å². The summed E-state index contributed by atoms with van der Waals surface area (Å²) in [5, 5.41) is 5.87. The van der Waals surface area contributed by atoms with Gasteiger partial charge >= 0.3 is 0 Å². The van der Waals surface area contributed by atoms with Crippen molar-refractivity contribution in [3.05, 3.63) is 29.6 Å². The Labute approximate surface area is 118 Å². The highest BCUT2D eigenvalue weighted by Crippen LogP contribution is 2.16. The normalized spacial score (nSPS) is 18.6. The summed E-state index contributed by atoms with van der Waals surface area (Å²) in [7, 11) is 3.64. The van der Waals surface area contributed by atoms with Crippen LogP contribution in [0.4, 0.5) is 10.1 Å². The quantitative estimate of drug-likeness (QED) is 0.849. The van der Waals surface area contributed by atoms with Gasteiger partial charge in [-0.3, -0.25) is 4.79 Å². The number of hydrogen-bond donors (Lipinski definition) is 2. The van der Waals surface area contributed by atoms with Crippen molar-refractivity contribution in [3.63, 3.8) is 0 Å². The Morgan fingerprint density at radius 3 is 2.95 bits per heavy atom. The van der Waals surface area contributed by atoms with Crippen LogP contribution in [0.3, 0.4) is 0 Å². The third kappa shape index (κ3) is 3.68. The molecule has 2 N–H and O–H groups in total. The first-order valence-electron chi connectivity index (χ1n) is 6.65. The maximum Gasteiger partial charge on any atom is 0.254 e. The molecule has 1 aliphatic heterocycles. The van der Waals surface area contributed by atoms with Crippen molar-refractivity contribution in [2.24, 2.45) is 0 Å². The number of halogens is 1. The van der Waals surface area contributed by atoms with Crippen LogP contribution in [-0.2, 0) is 4.74 Å². The van der Waals surface area contributed by atoms with Gasteiger partial charge in [-0.15, -0.1) is 0 Å². The number of anilines is 1. The number of carbonyl (C=O) groups is 1. The van der Waals surface area contributed by atoms with E-state index in [9.17, 15) is 9.18 Å². The number of morpholine rings is 1. The van der Waals surface area contributed by atoms with Crippen molar-refractivity contribution >= 4 is 11.6 Å². The van der Waals surface area contributed by atoms with E-state index in [0.29, 0.717) is 19.7 Å². The number of carbonyl (C=O) groups excluding carboxylic acids is 1. The van der Waals surface area contributed by atoms with Gasteiger partial charge in [0.1, 0.15) is 5.82 Å². The molecule has 1 unspecified atom stereocenters. The summed E-state index contributed by atoms with van der Waals surface area (Å²) in [6.07, 6.45) is -0.0585. The minimum Gasteiger partial charge on any atom is -0.378 e. The van der Waals surface area contributed by atoms with Gasteiger partial charge in [0.25, 0.3) is 5.91 Å². The van der Waals surface area contributed by atoms with Crippen molar-refractivity contribution in [2.45, 2.75) is 6.10 Å². The second-order valence-corrected chi connectivity index (χ2v) is 4.97. The lowest BCUT2D eigenvalue weighted by atomic mass is 10.1. The Kier molecular flexibility index (Phi) is 4.92. The summed E-state index contributed by atoms with van der Waals surface area (Å²) in [6, 6.07) is 4.57. The van der Waals surface area contributed by atoms with Crippen molar-refractivity contribution in [3.8, 4) is 0 Å². The van der Waals surface area contributed by atoms with Gasteiger partial charge in [-0.05, 0) is 18.2 Å². The molecule has 0 bridgehead atoms. The lowest BCUT2D eigenvalue weighted by Gasteiger charge is -2.23. The lowest BCUT2D eigenvalue weighted by Crippen LogP contribution is -2.45. The van der Waals surface area contributed by atoms with E-state index in [1.165, 1.54) is 12.1 Å². The molecule has 6 heteroatoms. The van der Waals surface area contributed by atoms with E-state index in [-0.39, 0.29) is 11.7 Å². The zero-order chi connectivity index (χ0) is 14.5. The SMILES string of the molecule is CN(C)c1ccc(C(=O)NCC2CNCCO2)c(F)c1. The predicted molar refractivity (Wildman–Crippen MR) is 75.7 cm³/mol. The Hall–Kier alpha value is -1.66. The summed E-state index contributed by atoms with van der Waals surface area (Å²) >= 11 is 0. The van der Waals surface area contributed by atoms with Crippen LogP contribution in [0.5, 0.6) is 0 Å². The highest BCUT2D eigenvalue weighted by atomic mass is 19.1. The Balaban J connectivity index is 1.94. The molecule has 1 aromatic carbocycles. The van der Waals surface area contributed by atoms with Gasteiger partial charge in [-0.25, -0.2) is 4.39 Å². The number of ether oxygens (including phenoxy) is 1. The number of nitrogens with zero attached hydrogens (tertiary/aromatic N) is 1. The molecule has 20 heavy (non-hydrogen) atoms. The second kappa shape index (κ2) is 6.67. The first-order chi connectivity index (χ1) is 9.58. The van der Waals surface area contributed by atoms with Gasteiger partial charge in [0.15, 0.2) is 0 Å². The Morgan fingerprint density at radius 2 is 2.35 bits per heavy atom. The van der Waals surface area contributed by atoms with Crippen LogP contribution in [0.25, 0.3) is 0 Å². The van der Waals surface area contributed by atoms with Crippen molar-refractivity contribution in [1.29, 1.82) is 0 Å². The standard InChI is InChI=1S/C14H20FN3O2/c1-18(2)10-3-4-12(13(15)7-10)14(19)17-9-11-8-16-5-6-20-11/h3-4,7,11,16H,5-6,8-9H2,1-2H3,(H,17,19). The fraction of sp³-hybridized carbons (Fsp3) is 0.500. The van der Waals surface area contributed by atoms with Crippen LogP contribution < -0.4 is 15.5 Å². The molecule has 1 atom stereocenters. The minimum absolute atomic E-state index is 0.0550. The molecule has 5 nitrogen and oxygen atoms in total. The highest BCUT2D eigenvalue weighted by molar-refractivity contribution is 5.94. The molecule has 1 amide bonds. The topological polar surface area (TPSA) is 53.6 Å². The third-order valence-electron chi connectivity index (χ3n) is 3.21. The molecule has 1 heterocycles. The molecule has 0 spiro atoms. The lowest BCUT2D eigenvalue weighted by molar-refractivity contribution is 0.0287. The zero-order valence-electron chi connectivity index (χ0n) is 11.8. The van der Waals surface area contributed by atoms with Gasteiger partial charge in [0.2, 0.25) is 0 Å². The van der Waals surface area contributed by atoms with Gasteiger partial charge < -0.3 is 20.3 Å². The molecular formula is C14H20FN3O2. The number of hydrogen-bond acceptors (Lipinski definition) is 4. The van der Waals surface area contributed by atoms with Crippen LogP contribution >= 0.6 is 0 Å². The third-order valence-corrected chi connectivity index (χ3v) is 3.21. The molecule has 1 aromatic rings. The molecule has 0 aromatic heterocycles. The molecule has 2 rings (SSSR count). The van der Waals surface area contributed by atoms with E-state index >= 15 is 0 Å². The fourth-order valence-electron chi connectivity index (χ4n) is 2.02. The molecule has 1 fully saturated rings. The molecular weight excluding hydrogens is 261 g/mol. The van der Waals surface area contributed by atoms with Gasteiger partial charge in [0, 0.05) is 39.4 Å². The number of amides is 1. The summed E-state index contributed by atoms with van der Waals surface area (Å²) < 4.78 is 19.4. The Bertz CT molecular complexity index is 473. The van der Waals surface area contributed by atoms with E-state index in [1.54, 1.807) is 11.0 Å². The maximum absolute atomic E-state index is 13.9. The van der Waals surface area contributed by atoms with E-state index in [2.05, 4.69) is 10.6 Å². The van der Waals surface area contributed by atoms with E-state index in [4.69, 9.17) is 4.74 Å². The summed E-state index contributed by atoms with van der Waals surface area (Å²) in [5.74, 6) is -0.932. The average molecular weight is 281 g/mol. The van der Waals surface area contributed by atoms with Crippen LogP contribution in [0.1, 0.15) is 10.4 Å². The average Bonchev–Trinajstić information content (AvgIpc) is 2.45. The van der Waals surface area contributed by atoms with Crippen LogP contribution in [0.15, 0.2) is 18.2 Å². The molecule has 1 aliphatic rings. The first kappa shape index (κ1) is 14.7. The monoisotopic (exact) mass is 281 g/mol. The second-order valence-electron chi connectivity index (χ2n) is 4.97. The van der Waals surface area contributed by atoms with Gasteiger partial charge in [-0.1, -0.05) is 0 Å².